The van der Waals surface area contributed by atoms with Crippen molar-refractivity contribution in [1.29, 1.82) is 0 Å². The maximum Gasteiger partial charge on any atom is 0.253 e. The number of nitrogens with zero attached hydrogens (tertiary/aromatic N) is 3. The van der Waals surface area contributed by atoms with Crippen LogP contribution >= 0.6 is 0 Å². The number of rotatable bonds is 1. The third-order valence-corrected chi connectivity index (χ3v) is 5.03. The van der Waals surface area contributed by atoms with Crippen molar-refractivity contribution >= 4 is 5.91 Å². The summed E-state index contributed by atoms with van der Waals surface area (Å²) < 4.78 is 0. The van der Waals surface area contributed by atoms with Crippen LogP contribution in [-0.4, -0.2) is 72.0 Å². The standard InChI is InChI=1S/C18H27N3O/c1-14-5-7-15(8-6-14)17(22)20-9-10-21-16(12-20)11-19(4)13-18(21,2)3/h5-8,16H,9-13H2,1-4H3. The van der Waals surface area contributed by atoms with Crippen molar-refractivity contribution in [3.63, 3.8) is 0 Å². The van der Waals surface area contributed by atoms with Gasteiger partial charge in [0.25, 0.3) is 5.91 Å². The van der Waals surface area contributed by atoms with Gasteiger partial charge in [-0.3, -0.25) is 9.69 Å². The lowest BCUT2D eigenvalue weighted by molar-refractivity contribution is -0.0518. The van der Waals surface area contributed by atoms with Crippen molar-refractivity contribution in [2.45, 2.75) is 32.4 Å². The summed E-state index contributed by atoms with van der Waals surface area (Å²) in [5.41, 5.74) is 2.19. The third-order valence-electron chi connectivity index (χ3n) is 5.03. The molecule has 2 heterocycles. The number of fused-ring (bicyclic) bond motifs is 1. The molecule has 2 saturated heterocycles. The summed E-state index contributed by atoms with van der Waals surface area (Å²) in [6.45, 7) is 11.4. The average molecular weight is 301 g/mol. The third kappa shape index (κ3) is 2.90. The first kappa shape index (κ1) is 15.5. The van der Waals surface area contributed by atoms with Gasteiger partial charge >= 0.3 is 0 Å². The van der Waals surface area contributed by atoms with Gasteiger partial charge in [0.15, 0.2) is 0 Å². The average Bonchev–Trinajstić information content (AvgIpc) is 2.45. The van der Waals surface area contributed by atoms with Crippen molar-refractivity contribution < 1.29 is 4.79 Å². The summed E-state index contributed by atoms with van der Waals surface area (Å²) in [7, 11) is 2.18. The minimum absolute atomic E-state index is 0.172. The molecule has 0 aromatic heterocycles. The van der Waals surface area contributed by atoms with Crippen LogP contribution in [0.15, 0.2) is 24.3 Å². The number of amides is 1. The molecule has 1 amide bonds. The van der Waals surface area contributed by atoms with Gasteiger partial charge in [-0.1, -0.05) is 17.7 Å². The van der Waals surface area contributed by atoms with E-state index < -0.39 is 0 Å². The quantitative estimate of drug-likeness (QED) is 0.792. The molecule has 4 nitrogen and oxygen atoms in total. The summed E-state index contributed by atoms with van der Waals surface area (Å²) in [6, 6.07) is 8.36. The van der Waals surface area contributed by atoms with Crippen molar-refractivity contribution in [2.24, 2.45) is 0 Å². The molecule has 3 rings (SSSR count). The Balaban J connectivity index is 1.73. The maximum atomic E-state index is 12.7. The molecule has 0 aliphatic carbocycles. The molecule has 1 unspecified atom stereocenters. The highest BCUT2D eigenvalue weighted by molar-refractivity contribution is 5.94. The van der Waals surface area contributed by atoms with Gasteiger partial charge in [0, 0.05) is 49.9 Å². The highest BCUT2D eigenvalue weighted by Gasteiger charge is 2.42. The number of carbonyl (C=O) groups is 1. The molecule has 0 N–H and O–H groups in total. The van der Waals surface area contributed by atoms with E-state index in [1.165, 1.54) is 5.56 Å². The van der Waals surface area contributed by atoms with Gasteiger partial charge in [-0.2, -0.15) is 0 Å². The molecule has 2 fully saturated rings. The molecule has 1 aromatic rings. The second kappa shape index (κ2) is 5.67. The lowest BCUT2D eigenvalue weighted by Crippen LogP contribution is -2.69. The van der Waals surface area contributed by atoms with Gasteiger partial charge in [-0.25, -0.2) is 0 Å². The fraction of sp³-hybridized carbons (Fsp3) is 0.611. The highest BCUT2D eigenvalue weighted by Crippen LogP contribution is 2.27. The number of hydrogen-bond donors (Lipinski definition) is 0. The topological polar surface area (TPSA) is 26.8 Å². The summed E-state index contributed by atoms with van der Waals surface area (Å²) in [4.78, 5) is 19.7. The minimum Gasteiger partial charge on any atom is -0.336 e. The van der Waals surface area contributed by atoms with E-state index in [1.807, 2.05) is 36.1 Å². The van der Waals surface area contributed by atoms with Gasteiger partial charge in [-0.15, -0.1) is 0 Å². The zero-order valence-electron chi connectivity index (χ0n) is 14.2. The molecular weight excluding hydrogens is 274 g/mol. The van der Waals surface area contributed by atoms with Crippen molar-refractivity contribution in [3.05, 3.63) is 35.4 Å². The molecule has 4 heteroatoms. The van der Waals surface area contributed by atoms with Crippen LogP contribution in [0.3, 0.4) is 0 Å². The van der Waals surface area contributed by atoms with Crippen LogP contribution in [0.5, 0.6) is 0 Å². The summed E-state index contributed by atoms with van der Waals surface area (Å²) in [6.07, 6.45) is 0. The van der Waals surface area contributed by atoms with E-state index in [4.69, 9.17) is 0 Å². The van der Waals surface area contributed by atoms with Crippen molar-refractivity contribution in [2.75, 3.05) is 39.8 Å². The predicted octanol–water partition coefficient (Wildman–Crippen LogP) is 1.85. The monoisotopic (exact) mass is 301 g/mol. The van der Waals surface area contributed by atoms with Gasteiger partial charge in [0.1, 0.15) is 0 Å². The molecule has 0 radical (unpaired) electrons. The Kier molecular flexibility index (Phi) is 4.00. The van der Waals surface area contributed by atoms with E-state index >= 15 is 0 Å². The van der Waals surface area contributed by atoms with Crippen LogP contribution in [0.25, 0.3) is 0 Å². The molecule has 2 aliphatic rings. The first-order valence-electron chi connectivity index (χ1n) is 8.18. The van der Waals surface area contributed by atoms with Crippen molar-refractivity contribution in [3.8, 4) is 0 Å². The van der Waals surface area contributed by atoms with E-state index in [-0.39, 0.29) is 11.4 Å². The lowest BCUT2D eigenvalue weighted by atomic mass is 9.93. The number of hydrogen-bond acceptors (Lipinski definition) is 3. The Morgan fingerprint density at radius 2 is 1.82 bits per heavy atom. The fourth-order valence-electron chi connectivity index (χ4n) is 4.05. The van der Waals surface area contributed by atoms with Crippen LogP contribution in [0.4, 0.5) is 0 Å². The van der Waals surface area contributed by atoms with Crippen LogP contribution in [0, 0.1) is 6.92 Å². The number of aryl methyl sites for hydroxylation is 1. The smallest absolute Gasteiger partial charge is 0.253 e. The Labute approximate surface area is 133 Å². The predicted molar refractivity (Wildman–Crippen MR) is 89.2 cm³/mol. The number of piperazine rings is 2. The zero-order valence-corrected chi connectivity index (χ0v) is 14.2. The Hall–Kier alpha value is -1.39. The molecule has 22 heavy (non-hydrogen) atoms. The van der Waals surface area contributed by atoms with Crippen molar-refractivity contribution in [1.82, 2.24) is 14.7 Å². The Morgan fingerprint density at radius 3 is 2.50 bits per heavy atom. The second-order valence-corrected chi connectivity index (χ2v) is 7.47. The largest absolute Gasteiger partial charge is 0.336 e. The van der Waals surface area contributed by atoms with Gasteiger partial charge in [-0.05, 0) is 40.0 Å². The van der Waals surface area contributed by atoms with Gasteiger partial charge in [0.05, 0.1) is 0 Å². The molecule has 1 aromatic carbocycles. The van der Waals surface area contributed by atoms with Gasteiger partial charge < -0.3 is 9.80 Å². The second-order valence-electron chi connectivity index (χ2n) is 7.47. The maximum absolute atomic E-state index is 12.7. The minimum atomic E-state index is 0.172. The summed E-state index contributed by atoms with van der Waals surface area (Å²) >= 11 is 0. The Morgan fingerprint density at radius 1 is 1.14 bits per heavy atom. The summed E-state index contributed by atoms with van der Waals surface area (Å²) in [5.74, 6) is 0.172. The molecule has 120 valence electrons. The van der Waals surface area contributed by atoms with E-state index in [0.29, 0.717) is 6.04 Å². The number of carbonyl (C=O) groups excluding carboxylic acids is 1. The molecular formula is C18H27N3O. The van der Waals surface area contributed by atoms with E-state index in [9.17, 15) is 4.79 Å². The normalized spacial score (nSPS) is 25.8. The first-order valence-corrected chi connectivity index (χ1v) is 8.18. The van der Waals surface area contributed by atoms with E-state index in [1.54, 1.807) is 0 Å². The van der Waals surface area contributed by atoms with Crippen LogP contribution < -0.4 is 0 Å². The molecule has 0 spiro atoms. The van der Waals surface area contributed by atoms with Gasteiger partial charge in [0.2, 0.25) is 0 Å². The van der Waals surface area contributed by atoms with E-state index in [0.717, 1.165) is 38.3 Å². The molecule has 1 atom stereocenters. The lowest BCUT2D eigenvalue weighted by Gasteiger charge is -2.55. The van der Waals surface area contributed by atoms with Crippen LogP contribution in [0.2, 0.25) is 0 Å². The zero-order chi connectivity index (χ0) is 15.9. The van der Waals surface area contributed by atoms with Crippen LogP contribution in [-0.2, 0) is 0 Å². The fourth-order valence-corrected chi connectivity index (χ4v) is 4.05. The van der Waals surface area contributed by atoms with Crippen LogP contribution in [0.1, 0.15) is 29.8 Å². The molecule has 0 saturated carbocycles. The molecule has 0 bridgehead atoms. The van der Waals surface area contributed by atoms with E-state index in [2.05, 4.69) is 30.7 Å². The number of benzene rings is 1. The first-order chi connectivity index (χ1) is 10.4. The summed E-state index contributed by atoms with van der Waals surface area (Å²) in [5, 5.41) is 0. The Bertz CT molecular complexity index is 552. The highest BCUT2D eigenvalue weighted by atomic mass is 16.2. The SMILES string of the molecule is Cc1ccc(C(=O)N2CCN3C(CN(C)CC3(C)C)C2)cc1. The molecule has 2 aliphatic heterocycles. The number of likely N-dealkylation sites (N-methyl/N-ethyl adjacent to an activating group) is 1.